The molecule has 0 aromatic heterocycles. The van der Waals surface area contributed by atoms with Crippen molar-refractivity contribution in [1.82, 2.24) is 10.2 Å². The summed E-state index contributed by atoms with van der Waals surface area (Å²) in [5, 5.41) is 4.66. The highest BCUT2D eigenvalue weighted by atomic mass is 35.5. The van der Waals surface area contributed by atoms with E-state index in [2.05, 4.69) is 5.32 Å². The van der Waals surface area contributed by atoms with Crippen molar-refractivity contribution in [2.45, 2.75) is 31.7 Å². The summed E-state index contributed by atoms with van der Waals surface area (Å²) in [6, 6.07) is 21.7. The first-order valence-electron chi connectivity index (χ1n) is 11.2. The highest BCUT2D eigenvalue weighted by Gasteiger charge is 2.30. The van der Waals surface area contributed by atoms with E-state index in [1.54, 1.807) is 29.2 Å². The van der Waals surface area contributed by atoms with Gasteiger partial charge in [-0.05, 0) is 47.9 Å². The SMILES string of the molecule is CCNC(=O)C(Cc1ccccc1)N(Cc1ccc(Cl)cc1)C(=O)CSCc1ccc(Cl)cc1Cl. The van der Waals surface area contributed by atoms with Crippen molar-refractivity contribution in [2.75, 3.05) is 12.3 Å². The third kappa shape index (κ3) is 8.46. The van der Waals surface area contributed by atoms with Crippen LogP contribution in [0.3, 0.4) is 0 Å². The van der Waals surface area contributed by atoms with E-state index in [0.29, 0.717) is 40.3 Å². The van der Waals surface area contributed by atoms with Crippen molar-refractivity contribution in [3.05, 3.63) is 105 Å². The molecule has 0 aliphatic heterocycles. The van der Waals surface area contributed by atoms with Crippen molar-refractivity contribution in [1.29, 1.82) is 0 Å². The number of rotatable bonds is 11. The summed E-state index contributed by atoms with van der Waals surface area (Å²) in [5.74, 6) is 0.463. The Balaban J connectivity index is 1.82. The molecule has 0 saturated heterocycles. The van der Waals surface area contributed by atoms with Crippen LogP contribution in [0.1, 0.15) is 23.6 Å². The molecule has 1 atom stereocenters. The summed E-state index contributed by atoms with van der Waals surface area (Å²) in [7, 11) is 0. The molecule has 0 spiro atoms. The molecule has 1 N–H and O–H groups in total. The van der Waals surface area contributed by atoms with Crippen LogP contribution in [0.25, 0.3) is 0 Å². The van der Waals surface area contributed by atoms with Gasteiger partial charge in [-0.1, -0.05) is 83.3 Å². The number of thioether (sulfide) groups is 1. The van der Waals surface area contributed by atoms with Crippen LogP contribution < -0.4 is 5.32 Å². The molecule has 8 heteroatoms. The van der Waals surface area contributed by atoms with Gasteiger partial charge in [-0.15, -0.1) is 11.8 Å². The van der Waals surface area contributed by atoms with Crippen molar-refractivity contribution >= 4 is 58.4 Å². The lowest BCUT2D eigenvalue weighted by molar-refractivity contribution is -0.139. The molecule has 0 radical (unpaired) electrons. The van der Waals surface area contributed by atoms with Gasteiger partial charge in [-0.3, -0.25) is 9.59 Å². The van der Waals surface area contributed by atoms with Crippen LogP contribution >= 0.6 is 46.6 Å². The lowest BCUT2D eigenvalue weighted by Gasteiger charge is -2.31. The quantitative estimate of drug-likeness (QED) is 0.291. The molecule has 0 fully saturated rings. The molecule has 0 heterocycles. The Morgan fingerprint density at radius 2 is 1.60 bits per heavy atom. The number of halogens is 3. The number of hydrogen-bond donors (Lipinski definition) is 1. The van der Waals surface area contributed by atoms with Gasteiger partial charge in [-0.25, -0.2) is 0 Å². The summed E-state index contributed by atoms with van der Waals surface area (Å²) in [4.78, 5) is 28.3. The van der Waals surface area contributed by atoms with E-state index < -0.39 is 6.04 Å². The smallest absolute Gasteiger partial charge is 0.243 e. The maximum absolute atomic E-state index is 13.5. The van der Waals surface area contributed by atoms with Gasteiger partial charge >= 0.3 is 0 Å². The number of carbonyl (C=O) groups is 2. The van der Waals surface area contributed by atoms with Gasteiger partial charge in [0.2, 0.25) is 11.8 Å². The Morgan fingerprint density at radius 1 is 0.914 bits per heavy atom. The molecule has 3 aromatic rings. The van der Waals surface area contributed by atoms with Crippen LogP contribution in [-0.4, -0.2) is 35.1 Å². The molecule has 0 aliphatic rings. The molecular weight excluding hydrogens is 523 g/mol. The molecular formula is C27H27Cl3N2O2S. The van der Waals surface area contributed by atoms with E-state index in [1.165, 1.54) is 11.8 Å². The Bertz CT molecular complexity index is 1130. The number of nitrogens with one attached hydrogen (secondary N) is 1. The number of benzene rings is 3. The Morgan fingerprint density at radius 3 is 2.26 bits per heavy atom. The molecule has 3 aromatic carbocycles. The largest absolute Gasteiger partial charge is 0.355 e. The predicted octanol–water partition coefficient (Wildman–Crippen LogP) is 6.66. The zero-order valence-electron chi connectivity index (χ0n) is 19.3. The standard InChI is InChI=1S/C27H27Cl3N2O2S/c1-2-31-27(34)25(14-19-6-4-3-5-7-19)32(16-20-8-11-22(28)12-9-20)26(33)18-35-17-21-10-13-23(29)15-24(21)30/h3-13,15,25H,2,14,16-18H2,1H3,(H,31,34). The summed E-state index contributed by atoms with van der Waals surface area (Å²) < 4.78 is 0. The van der Waals surface area contributed by atoms with E-state index in [4.69, 9.17) is 34.8 Å². The number of amides is 2. The van der Waals surface area contributed by atoms with Crippen molar-refractivity contribution in [2.24, 2.45) is 0 Å². The van der Waals surface area contributed by atoms with Crippen molar-refractivity contribution in [3.63, 3.8) is 0 Å². The molecule has 0 saturated carbocycles. The number of likely N-dealkylation sites (N-methyl/N-ethyl adjacent to an activating group) is 1. The fraction of sp³-hybridized carbons (Fsp3) is 0.259. The van der Waals surface area contributed by atoms with Gasteiger partial charge < -0.3 is 10.2 Å². The first-order chi connectivity index (χ1) is 16.9. The van der Waals surface area contributed by atoms with Gasteiger partial charge in [0, 0.05) is 40.3 Å². The number of carbonyl (C=O) groups excluding carboxylic acids is 2. The van der Waals surface area contributed by atoms with E-state index in [0.717, 1.165) is 16.7 Å². The van der Waals surface area contributed by atoms with Crippen LogP contribution in [0, 0.1) is 0 Å². The molecule has 3 rings (SSSR count). The van der Waals surface area contributed by atoms with E-state index >= 15 is 0 Å². The minimum Gasteiger partial charge on any atom is -0.355 e. The van der Waals surface area contributed by atoms with Gasteiger partial charge in [0.15, 0.2) is 0 Å². The highest BCUT2D eigenvalue weighted by molar-refractivity contribution is 7.99. The molecule has 2 amide bonds. The third-order valence-corrected chi connectivity index (χ3v) is 7.19. The van der Waals surface area contributed by atoms with Gasteiger partial charge in [0.1, 0.15) is 6.04 Å². The van der Waals surface area contributed by atoms with Gasteiger partial charge in [0.05, 0.1) is 5.75 Å². The summed E-state index contributed by atoms with van der Waals surface area (Å²) in [5.41, 5.74) is 2.79. The van der Waals surface area contributed by atoms with E-state index in [-0.39, 0.29) is 17.6 Å². The molecule has 0 bridgehead atoms. The van der Waals surface area contributed by atoms with Crippen LogP contribution in [0.15, 0.2) is 72.8 Å². The second-order valence-electron chi connectivity index (χ2n) is 7.98. The molecule has 184 valence electrons. The molecule has 4 nitrogen and oxygen atoms in total. The second-order valence-corrected chi connectivity index (χ2v) is 10.2. The average Bonchev–Trinajstić information content (AvgIpc) is 2.84. The van der Waals surface area contributed by atoms with Crippen molar-refractivity contribution in [3.8, 4) is 0 Å². The minimum absolute atomic E-state index is 0.123. The maximum atomic E-state index is 13.5. The lowest BCUT2D eigenvalue weighted by atomic mass is 10.0. The number of nitrogens with zero attached hydrogens (tertiary/aromatic N) is 1. The predicted molar refractivity (Wildman–Crippen MR) is 147 cm³/mol. The minimum atomic E-state index is -0.653. The number of hydrogen-bond acceptors (Lipinski definition) is 3. The van der Waals surface area contributed by atoms with Crippen molar-refractivity contribution < 1.29 is 9.59 Å². The second kappa shape index (κ2) is 13.8. The van der Waals surface area contributed by atoms with Crippen LogP contribution in [0.5, 0.6) is 0 Å². The summed E-state index contributed by atoms with van der Waals surface area (Å²) >= 11 is 19.8. The summed E-state index contributed by atoms with van der Waals surface area (Å²) in [6.45, 7) is 2.65. The van der Waals surface area contributed by atoms with E-state index in [1.807, 2.05) is 55.5 Å². The normalized spacial score (nSPS) is 11.7. The van der Waals surface area contributed by atoms with Gasteiger partial charge in [-0.2, -0.15) is 0 Å². The molecule has 1 unspecified atom stereocenters. The topological polar surface area (TPSA) is 49.4 Å². The lowest BCUT2D eigenvalue weighted by Crippen LogP contribution is -2.51. The van der Waals surface area contributed by atoms with Gasteiger partial charge in [0.25, 0.3) is 0 Å². The Kier molecular flexibility index (Phi) is 10.8. The van der Waals surface area contributed by atoms with Crippen LogP contribution in [-0.2, 0) is 28.3 Å². The molecule has 35 heavy (non-hydrogen) atoms. The average molecular weight is 550 g/mol. The fourth-order valence-corrected chi connectivity index (χ4v) is 5.20. The monoisotopic (exact) mass is 548 g/mol. The summed E-state index contributed by atoms with van der Waals surface area (Å²) in [6.07, 6.45) is 0.416. The fourth-order valence-electron chi connectivity index (χ4n) is 3.60. The Hall–Kier alpha value is -2.18. The van der Waals surface area contributed by atoms with Crippen LogP contribution in [0.2, 0.25) is 15.1 Å². The zero-order chi connectivity index (χ0) is 25.2. The first-order valence-corrected chi connectivity index (χ1v) is 13.5. The Labute approximate surface area is 225 Å². The highest BCUT2D eigenvalue weighted by Crippen LogP contribution is 2.25. The van der Waals surface area contributed by atoms with Crippen LogP contribution in [0.4, 0.5) is 0 Å². The molecule has 0 aliphatic carbocycles. The maximum Gasteiger partial charge on any atom is 0.243 e. The van der Waals surface area contributed by atoms with E-state index in [9.17, 15) is 9.59 Å². The zero-order valence-corrected chi connectivity index (χ0v) is 22.4. The first kappa shape index (κ1) is 27.4. The third-order valence-electron chi connectivity index (χ3n) is 5.39.